The van der Waals surface area contributed by atoms with Crippen molar-refractivity contribution in [2.24, 2.45) is 0 Å². The highest BCUT2D eigenvalue weighted by molar-refractivity contribution is 6.00. The molecule has 7 aromatic rings. The van der Waals surface area contributed by atoms with Gasteiger partial charge < -0.3 is 9.97 Å². The van der Waals surface area contributed by atoms with E-state index >= 15 is 26.3 Å². The number of benzene rings is 4. The van der Waals surface area contributed by atoms with Crippen LogP contribution in [0.4, 0.5) is 65.9 Å². The first-order chi connectivity index (χ1) is 30.0. The fourth-order valence-corrected chi connectivity index (χ4v) is 7.38. The van der Waals surface area contributed by atoms with Crippen LogP contribution in [0.3, 0.4) is 0 Å². The molecule has 0 radical (unpaired) electrons. The quantitative estimate of drug-likeness (QED) is 0.105. The summed E-state index contributed by atoms with van der Waals surface area (Å²) in [6.07, 6.45) is 3.94. The molecule has 0 atom stereocenters. The maximum atomic E-state index is 15.8. The Hall–Kier alpha value is -7.57. The third-order valence-corrected chi connectivity index (χ3v) is 10.2. The number of aromatic nitrogens is 4. The van der Waals surface area contributed by atoms with E-state index in [9.17, 15) is 39.5 Å². The number of fused-ring (bicyclic) bond motifs is 8. The number of hydrogen-bond donors (Lipinski definition) is 2. The van der Waals surface area contributed by atoms with Crippen molar-refractivity contribution in [3.05, 3.63) is 165 Å². The molecule has 2 aliphatic rings. The third kappa shape index (κ3) is 6.11. The SMILES string of the molecule is Fc1c(F)c(F)c(-c2c3nc(c(-c4c(F)c(F)c(F)c(F)c4F)c4ccc([nH]4)c(-c4c(F)c(F)c(F)c(F)c4F)c4nc(c(-c5ccccc5)c5ccc2[nH]5)C=C4)C=C3)c(F)c1F. The molecule has 63 heavy (non-hydrogen) atoms. The van der Waals surface area contributed by atoms with Crippen LogP contribution >= 0.6 is 0 Å². The zero-order valence-electron chi connectivity index (χ0n) is 30.6. The van der Waals surface area contributed by atoms with Gasteiger partial charge in [-0.3, -0.25) is 0 Å². The van der Waals surface area contributed by atoms with Gasteiger partial charge in [0.05, 0.1) is 39.5 Å². The molecule has 0 saturated heterocycles. The topological polar surface area (TPSA) is 57.4 Å². The number of hydrogen-bond acceptors (Lipinski definition) is 2. The normalized spacial score (nSPS) is 12.2. The minimum absolute atomic E-state index is 0.0327. The minimum atomic E-state index is -2.61. The van der Waals surface area contributed by atoms with E-state index in [0.717, 1.165) is 36.4 Å². The summed E-state index contributed by atoms with van der Waals surface area (Å²) >= 11 is 0. The Kier molecular flexibility index (Phi) is 9.60. The number of aromatic amines is 2. The van der Waals surface area contributed by atoms with Crippen molar-refractivity contribution in [1.82, 2.24) is 19.9 Å². The maximum Gasteiger partial charge on any atom is 0.200 e. The van der Waals surface area contributed by atoms with Crippen LogP contribution in [0.15, 0.2) is 54.6 Å². The lowest BCUT2D eigenvalue weighted by Gasteiger charge is -2.11. The lowest BCUT2D eigenvalue weighted by Crippen LogP contribution is -2.06. The largest absolute Gasteiger partial charge is 0.354 e. The average Bonchev–Trinajstić information content (AvgIpc) is 4.14. The molecule has 0 fully saturated rings. The molecule has 0 aliphatic carbocycles. The minimum Gasteiger partial charge on any atom is -0.354 e. The Morgan fingerprint density at radius 2 is 0.492 bits per heavy atom. The van der Waals surface area contributed by atoms with E-state index in [0.29, 0.717) is 5.56 Å². The van der Waals surface area contributed by atoms with Crippen molar-refractivity contribution in [3.8, 4) is 44.5 Å². The maximum absolute atomic E-state index is 15.8. The summed E-state index contributed by atoms with van der Waals surface area (Å²) in [7, 11) is 0. The Morgan fingerprint density at radius 3 is 0.778 bits per heavy atom. The van der Waals surface area contributed by atoms with Gasteiger partial charge in [0.25, 0.3) is 0 Å². The lowest BCUT2D eigenvalue weighted by molar-refractivity contribution is 0.381. The molecule has 9 rings (SSSR count). The second kappa shape index (κ2) is 14.8. The number of nitrogens with zero attached hydrogens (tertiary/aromatic N) is 2. The summed E-state index contributed by atoms with van der Waals surface area (Å²) < 4.78 is 227. The van der Waals surface area contributed by atoms with Crippen LogP contribution in [-0.2, 0) is 0 Å². The van der Waals surface area contributed by atoms with Gasteiger partial charge in [-0.1, -0.05) is 30.3 Å². The molecule has 2 N–H and O–H groups in total. The molecule has 0 unspecified atom stereocenters. The number of halogens is 15. The van der Waals surface area contributed by atoms with Gasteiger partial charge in [-0.25, -0.2) is 75.8 Å². The first-order valence-corrected chi connectivity index (χ1v) is 17.8. The third-order valence-electron chi connectivity index (χ3n) is 10.2. The van der Waals surface area contributed by atoms with Gasteiger partial charge >= 0.3 is 0 Å². The van der Waals surface area contributed by atoms with E-state index in [1.165, 1.54) is 24.3 Å². The van der Waals surface area contributed by atoms with Crippen LogP contribution in [0.5, 0.6) is 0 Å². The molecule has 8 bridgehead atoms. The van der Waals surface area contributed by atoms with Crippen molar-refractivity contribution in [2.45, 2.75) is 0 Å². The van der Waals surface area contributed by atoms with Crippen molar-refractivity contribution in [1.29, 1.82) is 0 Å². The van der Waals surface area contributed by atoms with E-state index in [4.69, 9.17) is 0 Å². The van der Waals surface area contributed by atoms with Gasteiger partial charge in [0.1, 0.15) is 0 Å². The van der Waals surface area contributed by atoms with Gasteiger partial charge in [0.2, 0.25) is 17.5 Å². The molecular weight excluding hydrogens is 869 g/mol. The summed E-state index contributed by atoms with van der Waals surface area (Å²) in [5.74, 6) is -36.6. The molecule has 0 saturated carbocycles. The molecule has 0 spiro atoms. The summed E-state index contributed by atoms with van der Waals surface area (Å²) in [6, 6.07) is 11.8. The molecule has 4 aromatic carbocycles. The fraction of sp³-hybridized carbons (Fsp3) is 0. The van der Waals surface area contributed by atoms with Crippen molar-refractivity contribution in [2.75, 3.05) is 0 Å². The van der Waals surface area contributed by atoms with Crippen LogP contribution in [0, 0.1) is 87.3 Å². The van der Waals surface area contributed by atoms with Gasteiger partial charge in [0, 0.05) is 44.3 Å². The van der Waals surface area contributed by atoms with Crippen LogP contribution in [0.25, 0.3) is 90.9 Å². The first-order valence-electron chi connectivity index (χ1n) is 17.8. The van der Waals surface area contributed by atoms with Crippen molar-refractivity contribution >= 4 is 46.4 Å². The summed E-state index contributed by atoms with van der Waals surface area (Å²) in [5.41, 5.74) is -11.3. The highest BCUT2D eigenvalue weighted by Gasteiger charge is 2.33. The Bertz CT molecular complexity index is 3250. The van der Waals surface area contributed by atoms with E-state index < -0.39 is 154 Å². The van der Waals surface area contributed by atoms with Crippen LogP contribution in [-0.4, -0.2) is 19.9 Å². The number of H-pyrrole nitrogens is 2. The number of rotatable bonds is 4. The standard InChI is InChI=1S/C44H15F15N4/c45-30-27(31(46)37(52)42(57)36(30)51)24-17-8-6-15(60-17)23(14-4-2-1-3-5-14)16-7-9-18(61-16)25(28-32(47)38(53)43(58)39(54)33(28)48)20-11-13-22(63-20)26(21-12-10-19(24)62-21)29-34(49)40(55)44(59)41(56)35(29)50/h1-13,60,63H. The molecule has 2 aliphatic heterocycles. The van der Waals surface area contributed by atoms with Gasteiger partial charge in [0.15, 0.2) is 69.8 Å². The van der Waals surface area contributed by atoms with E-state index in [1.807, 2.05) is 0 Å². The van der Waals surface area contributed by atoms with E-state index in [2.05, 4.69) is 19.9 Å². The van der Waals surface area contributed by atoms with Crippen LogP contribution < -0.4 is 0 Å². The molecular formula is C44H15F15N4. The van der Waals surface area contributed by atoms with Crippen LogP contribution in [0.1, 0.15) is 22.8 Å². The Morgan fingerprint density at radius 1 is 0.254 bits per heavy atom. The zero-order chi connectivity index (χ0) is 44.9. The van der Waals surface area contributed by atoms with Gasteiger partial charge in [-0.15, -0.1) is 0 Å². The van der Waals surface area contributed by atoms with E-state index in [1.54, 1.807) is 18.2 Å². The fourth-order valence-electron chi connectivity index (χ4n) is 7.38. The predicted molar refractivity (Wildman–Crippen MR) is 200 cm³/mol. The molecule has 316 valence electrons. The van der Waals surface area contributed by atoms with Gasteiger partial charge in [-0.2, -0.15) is 0 Å². The highest BCUT2D eigenvalue weighted by atomic mass is 19.2. The van der Waals surface area contributed by atoms with Gasteiger partial charge in [-0.05, 0) is 54.1 Å². The monoisotopic (exact) mass is 884 g/mol. The zero-order valence-corrected chi connectivity index (χ0v) is 30.6. The Balaban J connectivity index is 1.56. The predicted octanol–water partition coefficient (Wildman–Crippen LogP) is 13.4. The second-order valence-electron chi connectivity index (χ2n) is 13.7. The van der Waals surface area contributed by atoms with Crippen LogP contribution in [0.2, 0.25) is 0 Å². The molecule has 5 heterocycles. The van der Waals surface area contributed by atoms with E-state index in [-0.39, 0.29) is 16.8 Å². The summed E-state index contributed by atoms with van der Waals surface area (Å²) in [5, 5.41) is 0. The Labute approximate surface area is 341 Å². The first kappa shape index (κ1) is 40.8. The molecule has 3 aromatic heterocycles. The molecule has 0 amide bonds. The second-order valence-corrected chi connectivity index (χ2v) is 13.7. The lowest BCUT2D eigenvalue weighted by atomic mass is 10.0. The molecule has 4 nitrogen and oxygen atoms in total. The van der Waals surface area contributed by atoms with Crippen molar-refractivity contribution < 1.29 is 65.9 Å². The smallest absolute Gasteiger partial charge is 0.200 e. The molecule has 19 heteroatoms. The van der Waals surface area contributed by atoms with Crippen molar-refractivity contribution in [3.63, 3.8) is 0 Å². The highest BCUT2D eigenvalue weighted by Crippen LogP contribution is 2.43. The number of nitrogens with one attached hydrogen (secondary N) is 2. The summed E-state index contributed by atoms with van der Waals surface area (Å²) in [4.78, 5) is 13.8. The average molecular weight is 885 g/mol. The summed E-state index contributed by atoms with van der Waals surface area (Å²) in [6.45, 7) is 0.